The highest BCUT2D eigenvalue weighted by Crippen LogP contribution is 2.45. The second kappa shape index (κ2) is 6.42. The second-order valence-corrected chi connectivity index (χ2v) is 6.32. The van der Waals surface area contributed by atoms with Crippen molar-refractivity contribution in [3.63, 3.8) is 0 Å². The zero-order valence-corrected chi connectivity index (χ0v) is 13.4. The van der Waals surface area contributed by atoms with Crippen LogP contribution in [-0.4, -0.2) is 31.1 Å². The number of likely N-dealkylation sites (N-methyl/N-ethyl adjacent to an activating group) is 1. The number of nitrogens with zero attached hydrogens (tertiary/aromatic N) is 1. The predicted octanol–water partition coefficient (Wildman–Crippen LogP) is 3.73. The van der Waals surface area contributed by atoms with Crippen molar-refractivity contribution in [3.8, 4) is 0 Å². The van der Waals surface area contributed by atoms with Gasteiger partial charge >= 0.3 is 0 Å². The van der Waals surface area contributed by atoms with Crippen molar-refractivity contribution >= 4 is 0 Å². The van der Waals surface area contributed by atoms with Crippen molar-refractivity contribution < 1.29 is 0 Å². The maximum absolute atomic E-state index is 4.12. The van der Waals surface area contributed by atoms with E-state index in [-0.39, 0.29) is 5.41 Å². The summed E-state index contributed by atoms with van der Waals surface area (Å²) in [6, 6.07) is 0. The van der Waals surface area contributed by atoms with E-state index in [1.54, 1.807) is 0 Å². The van der Waals surface area contributed by atoms with Gasteiger partial charge in [0.1, 0.15) is 0 Å². The van der Waals surface area contributed by atoms with Crippen LogP contribution in [0.4, 0.5) is 0 Å². The van der Waals surface area contributed by atoms with E-state index in [2.05, 4.69) is 58.0 Å². The van der Waals surface area contributed by atoms with Gasteiger partial charge in [-0.2, -0.15) is 0 Å². The average Bonchev–Trinajstić information content (AvgIpc) is 2.34. The molecule has 0 saturated carbocycles. The lowest BCUT2D eigenvalue weighted by Crippen LogP contribution is -2.36. The molecule has 1 N–H and O–H groups in total. The molecule has 1 aliphatic carbocycles. The second-order valence-electron chi connectivity index (χ2n) is 6.32. The fraction of sp³-hybridized carbons (Fsp3) is 0.647. The van der Waals surface area contributed by atoms with E-state index >= 15 is 0 Å². The van der Waals surface area contributed by atoms with Crippen molar-refractivity contribution in [1.29, 1.82) is 0 Å². The van der Waals surface area contributed by atoms with Crippen molar-refractivity contribution in [2.24, 2.45) is 5.41 Å². The van der Waals surface area contributed by atoms with Gasteiger partial charge in [0.15, 0.2) is 0 Å². The first kappa shape index (κ1) is 16.0. The summed E-state index contributed by atoms with van der Waals surface area (Å²) in [6.07, 6.45) is 1.22. The lowest BCUT2D eigenvalue weighted by Gasteiger charge is -2.38. The highest BCUT2D eigenvalue weighted by Gasteiger charge is 2.33. The Bertz CT molecular complexity index is 383. The minimum Gasteiger partial charge on any atom is -0.383 e. The molecule has 19 heavy (non-hydrogen) atoms. The summed E-state index contributed by atoms with van der Waals surface area (Å²) < 4.78 is 0. The van der Waals surface area contributed by atoms with Crippen LogP contribution in [0.3, 0.4) is 0 Å². The molecule has 0 aromatic heterocycles. The van der Waals surface area contributed by atoms with Crippen LogP contribution in [0.15, 0.2) is 35.6 Å². The van der Waals surface area contributed by atoms with Gasteiger partial charge in [-0.05, 0) is 41.6 Å². The molecule has 0 aromatic carbocycles. The SMILES string of the molecule is C=C1C(=C)C(C(C)(C)C)=C1NCCN(CC)CCC. The molecule has 0 heterocycles. The highest BCUT2D eigenvalue weighted by molar-refractivity contribution is 5.68. The summed E-state index contributed by atoms with van der Waals surface area (Å²) in [5.74, 6) is 0. The summed E-state index contributed by atoms with van der Waals surface area (Å²) in [5, 5.41) is 3.56. The molecule has 0 atom stereocenters. The van der Waals surface area contributed by atoms with Crippen molar-refractivity contribution in [2.75, 3.05) is 26.2 Å². The minimum atomic E-state index is 0.147. The third kappa shape index (κ3) is 3.73. The molecular weight excluding hydrogens is 232 g/mol. The molecule has 0 fully saturated rings. The first-order valence-corrected chi connectivity index (χ1v) is 7.42. The fourth-order valence-electron chi connectivity index (χ4n) is 2.65. The molecule has 1 rings (SSSR count). The van der Waals surface area contributed by atoms with Gasteiger partial charge in [-0.3, -0.25) is 0 Å². The number of rotatable bonds is 7. The van der Waals surface area contributed by atoms with Crippen LogP contribution in [0.2, 0.25) is 0 Å². The molecule has 2 nitrogen and oxygen atoms in total. The van der Waals surface area contributed by atoms with Gasteiger partial charge in [0, 0.05) is 18.8 Å². The maximum Gasteiger partial charge on any atom is 0.0458 e. The Morgan fingerprint density at radius 1 is 1.05 bits per heavy atom. The van der Waals surface area contributed by atoms with Crippen LogP contribution >= 0.6 is 0 Å². The van der Waals surface area contributed by atoms with Crippen LogP contribution in [0.5, 0.6) is 0 Å². The van der Waals surface area contributed by atoms with Gasteiger partial charge in [-0.15, -0.1) is 0 Å². The molecule has 0 unspecified atom stereocenters. The van der Waals surface area contributed by atoms with Crippen LogP contribution in [-0.2, 0) is 0 Å². The van der Waals surface area contributed by atoms with Crippen molar-refractivity contribution in [2.45, 2.75) is 41.0 Å². The van der Waals surface area contributed by atoms with Crippen LogP contribution < -0.4 is 5.32 Å². The monoisotopic (exact) mass is 262 g/mol. The fourth-order valence-corrected chi connectivity index (χ4v) is 2.65. The van der Waals surface area contributed by atoms with E-state index in [0.29, 0.717) is 0 Å². The minimum absolute atomic E-state index is 0.147. The lowest BCUT2D eigenvalue weighted by atomic mass is 9.70. The van der Waals surface area contributed by atoms with E-state index in [0.717, 1.165) is 30.8 Å². The van der Waals surface area contributed by atoms with Gasteiger partial charge < -0.3 is 10.2 Å². The number of nitrogens with one attached hydrogen (secondary N) is 1. The first-order chi connectivity index (χ1) is 8.82. The molecule has 108 valence electrons. The molecule has 0 spiro atoms. The van der Waals surface area contributed by atoms with Gasteiger partial charge in [0.2, 0.25) is 0 Å². The van der Waals surface area contributed by atoms with Gasteiger partial charge in [0.05, 0.1) is 0 Å². The van der Waals surface area contributed by atoms with E-state index < -0.39 is 0 Å². The molecule has 0 radical (unpaired) electrons. The summed E-state index contributed by atoms with van der Waals surface area (Å²) in [7, 11) is 0. The normalized spacial score (nSPS) is 16.1. The topological polar surface area (TPSA) is 15.3 Å². The molecule has 1 aliphatic rings. The summed E-state index contributed by atoms with van der Waals surface area (Å²) in [4.78, 5) is 2.47. The zero-order chi connectivity index (χ0) is 14.6. The Hall–Kier alpha value is -1.02. The van der Waals surface area contributed by atoms with E-state index in [4.69, 9.17) is 0 Å². The third-order valence-electron chi connectivity index (χ3n) is 3.68. The Morgan fingerprint density at radius 2 is 1.68 bits per heavy atom. The van der Waals surface area contributed by atoms with Crippen LogP contribution in [0, 0.1) is 5.41 Å². The summed E-state index contributed by atoms with van der Waals surface area (Å²) in [5.41, 5.74) is 4.93. The molecule has 0 aromatic rings. The van der Waals surface area contributed by atoms with Gasteiger partial charge in [0.25, 0.3) is 0 Å². The molecule has 0 saturated heterocycles. The van der Waals surface area contributed by atoms with Crippen molar-refractivity contribution in [1.82, 2.24) is 10.2 Å². The van der Waals surface area contributed by atoms with E-state index in [1.807, 2.05) is 0 Å². The maximum atomic E-state index is 4.12. The van der Waals surface area contributed by atoms with Crippen LogP contribution in [0.25, 0.3) is 0 Å². The highest BCUT2D eigenvalue weighted by atomic mass is 15.1. The van der Waals surface area contributed by atoms with Gasteiger partial charge in [-0.25, -0.2) is 0 Å². The molecule has 0 bridgehead atoms. The predicted molar refractivity (Wildman–Crippen MR) is 85.2 cm³/mol. The Labute approximate surface area is 119 Å². The number of hydrogen-bond acceptors (Lipinski definition) is 2. The quantitative estimate of drug-likeness (QED) is 0.752. The summed E-state index contributed by atoms with van der Waals surface area (Å²) >= 11 is 0. The third-order valence-corrected chi connectivity index (χ3v) is 3.68. The smallest absolute Gasteiger partial charge is 0.0458 e. The lowest BCUT2D eigenvalue weighted by molar-refractivity contribution is 0.290. The number of allylic oxidation sites excluding steroid dienone is 2. The van der Waals surface area contributed by atoms with E-state index in [9.17, 15) is 0 Å². The summed E-state index contributed by atoms with van der Waals surface area (Å²) in [6.45, 7) is 23.7. The standard InChI is InChI=1S/C17H30N2/c1-8-11-19(9-2)12-10-18-16-14(4)13(3)15(16)17(5,6)7/h18H,3-4,8-12H2,1-2,5-7H3. The molecule has 0 amide bonds. The van der Waals surface area contributed by atoms with Crippen molar-refractivity contribution in [3.05, 3.63) is 35.6 Å². The first-order valence-electron chi connectivity index (χ1n) is 7.42. The Morgan fingerprint density at radius 3 is 2.16 bits per heavy atom. The molecular formula is C17H30N2. The largest absolute Gasteiger partial charge is 0.383 e. The number of hydrogen-bond donors (Lipinski definition) is 1. The zero-order valence-electron chi connectivity index (χ0n) is 13.4. The Balaban J connectivity index is 2.59. The average molecular weight is 262 g/mol. The molecule has 0 aliphatic heterocycles. The molecule has 2 heteroatoms. The van der Waals surface area contributed by atoms with Gasteiger partial charge in [-0.1, -0.05) is 47.8 Å². The van der Waals surface area contributed by atoms with Crippen LogP contribution in [0.1, 0.15) is 41.0 Å². The van der Waals surface area contributed by atoms with E-state index in [1.165, 1.54) is 24.2 Å². The Kier molecular flexibility index (Phi) is 5.42.